The fraction of sp³-hybridized carbons (Fsp3) is 0.455. The van der Waals surface area contributed by atoms with Crippen LogP contribution in [0.15, 0.2) is 48.2 Å². The van der Waals surface area contributed by atoms with E-state index >= 15 is 0 Å². The van der Waals surface area contributed by atoms with Crippen LogP contribution in [0.3, 0.4) is 0 Å². The van der Waals surface area contributed by atoms with E-state index < -0.39 is 11.6 Å². The van der Waals surface area contributed by atoms with Gasteiger partial charge in [-0.15, -0.1) is 0 Å². The third-order valence-electron chi connectivity index (χ3n) is 8.53. The number of hydrogen-bond donors (Lipinski definition) is 0. The maximum Gasteiger partial charge on any atom is 0.333 e. The molecule has 43 heavy (non-hydrogen) atoms. The fourth-order valence-electron chi connectivity index (χ4n) is 6.08. The van der Waals surface area contributed by atoms with Crippen LogP contribution >= 0.6 is 11.6 Å². The van der Waals surface area contributed by atoms with Crippen molar-refractivity contribution >= 4 is 23.6 Å². The average Bonchev–Trinajstić information content (AvgIpc) is 3.50. The molecule has 1 aromatic heterocycles. The molecule has 0 radical (unpaired) electrons. The smallest absolute Gasteiger partial charge is 0.333 e. The number of hydrogen-bond acceptors (Lipinski definition) is 7. The Morgan fingerprint density at radius 1 is 1.21 bits per heavy atom. The van der Waals surface area contributed by atoms with E-state index in [0.29, 0.717) is 47.4 Å². The lowest BCUT2D eigenvalue weighted by Gasteiger charge is -2.33. The maximum absolute atomic E-state index is 14.8. The van der Waals surface area contributed by atoms with Crippen LogP contribution in [0.25, 0.3) is 6.08 Å². The molecule has 1 unspecified atom stereocenters. The lowest BCUT2D eigenvalue weighted by Crippen LogP contribution is -2.35. The molecule has 2 fully saturated rings. The minimum atomic E-state index is -1.27. The van der Waals surface area contributed by atoms with Crippen molar-refractivity contribution in [2.45, 2.75) is 70.9 Å². The summed E-state index contributed by atoms with van der Waals surface area (Å²) >= 11 is 5.97. The van der Waals surface area contributed by atoms with Gasteiger partial charge in [0.05, 0.1) is 43.3 Å². The number of nitrogens with zero attached hydrogens (tertiary/aromatic N) is 3. The van der Waals surface area contributed by atoms with Crippen molar-refractivity contribution in [3.05, 3.63) is 81.7 Å². The molecule has 2 saturated heterocycles. The summed E-state index contributed by atoms with van der Waals surface area (Å²) in [7, 11) is 0. The van der Waals surface area contributed by atoms with E-state index in [4.69, 9.17) is 35.5 Å². The molecular formula is C33H37ClFN3O5. The van der Waals surface area contributed by atoms with Crippen molar-refractivity contribution in [1.82, 2.24) is 14.5 Å². The van der Waals surface area contributed by atoms with Gasteiger partial charge >= 0.3 is 5.97 Å². The van der Waals surface area contributed by atoms with Crippen LogP contribution in [-0.2, 0) is 33.1 Å². The number of rotatable bonds is 9. The van der Waals surface area contributed by atoms with Crippen LogP contribution in [0.1, 0.15) is 68.6 Å². The van der Waals surface area contributed by atoms with Gasteiger partial charge in [0.2, 0.25) is 0 Å². The predicted molar refractivity (Wildman–Crippen MR) is 161 cm³/mol. The lowest BCUT2D eigenvalue weighted by atomic mass is 9.88. The van der Waals surface area contributed by atoms with Crippen molar-refractivity contribution in [2.24, 2.45) is 0 Å². The zero-order valence-electron chi connectivity index (χ0n) is 24.8. The van der Waals surface area contributed by atoms with Crippen molar-refractivity contribution < 1.29 is 28.1 Å². The first-order chi connectivity index (χ1) is 20.7. The van der Waals surface area contributed by atoms with Gasteiger partial charge in [-0.05, 0) is 82.5 Å². The highest BCUT2D eigenvalue weighted by atomic mass is 35.5. The number of carbonyl (C=O) groups excluding carboxylic acids is 1. The van der Waals surface area contributed by atoms with Gasteiger partial charge in [-0.3, -0.25) is 4.90 Å². The van der Waals surface area contributed by atoms with Crippen LogP contribution in [0, 0.1) is 5.82 Å². The topological polar surface area (TPSA) is 75.0 Å². The molecule has 3 aliphatic rings. The standard InChI is InChI=1S/C33H37ClFN3O5/c1-4-40-32(39)21(2)16-24-18-36-30(38(24)19-25-12-15-41-25)20-37-13-10-22(11-14-37)26-6-5-7-29-31(26)43-33(3,42-29)27-9-8-23(34)17-28(27)35/h5-9,16-18,22,25H,4,10-15,19-20H2,1-3H3/b21-16+/t25?,33-/m0/s1. The first-order valence-corrected chi connectivity index (χ1v) is 15.3. The number of likely N-dealkylation sites (tertiary alicyclic amines) is 1. The van der Waals surface area contributed by atoms with E-state index in [9.17, 15) is 9.18 Å². The van der Waals surface area contributed by atoms with Gasteiger partial charge in [0.1, 0.15) is 11.6 Å². The Labute approximate surface area is 256 Å². The minimum absolute atomic E-state index is 0.156. The van der Waals surface area contributed by atoms with Crippen LogP contribution in [-0.4, -0.2) is 52.8 Å². The Bertz CT molecular complexity index is 1530. The summed E-state index contributed by atoms with van der Waals surface area (Å²) in [5.41, 5.74) is 2.81. The molecule has 4 heterocycles. The van der Waals surface area contributed by atoms with Gasteiger partial charge in [0, 0.05) is 29.7 Å². The van der Waals surface area contributed by atoms with Gasteiger partial charge in [-0.25, -0.2) is 14.2 Å². The normalized spacial score (nSPS) is 22.4. The molecule has 228 valence electrons. The Balaban J connectivity index is 1.14. The van der Waals surface area contributed by atoms with Crippen LogP contribution in [0.5, 0.6) is 11.5 Å². The molecule has 2 atom stereocenters. The third-order valence-corrected chi connectivity index (χ3v) is 8.77. The molecular weight excluding hydrogens is 573 g/mol. The highest BCUT2D eigenvalue weighted by Crippen LogP contribution is 2.49. The molecule has 3 aromatic rings. The van der Waals surface area contributed by atoms with Crippen molar-refractivity contribution in [3.63, 3.8) is 0 Å². The molecule has 6 rings (SSSR count). The van der Waals surface area contributed by atoms with Gasteiger partial charge in [-0.2, -0.15) is 0 Å². The summed E-state index contributed by atoms with van der Waals surface area (Å²) in [4.78, 5) is 19.4. The maximum atomic E-state index is 14.8. The summed E-state index contributed by atoms with van der Waals surface area (Å²) in [5.74, 6) is 0.482. The Kier molecular flexibility index (Phi) is 8.49. The van der Waals surface area contributed by atoms with E-state index in [1.54, 1.807) is 32.9 Å². The molecule has 8 nitrogen and oxygen atoms in total. The van der Waals surface area contributed by atoms with Gasteiger partial charge in [-0.1, -0.05) is 23.7 Å². The number of carbonyl (C=O) groups is 1. The summed E-state index contributed by atoms with van der Waals surface area (Å²) in [6, 6.07) is 10.5. The number of ether oxygens (including phenoxy) is 4. The predicted octanol–water partition coefficient (Wildman–Crippen LogP) is 6.45. The zero-order chi connectivity index (χ0) is 30.1. The van der Waals surface area contributed by atoms with Crippen molar-refractivity contribution in [3.8, 4) is 11.5 Å². The zero-order valence-corrected chi connectivity index (χ0v) is 25.5. The second-order valence-corrected chi connectivity index (χ2v) is 12.0. The number of benzene rings is 2. The second kappa shape index (κ2) is 12.3. The van der Waals surface area contributed by atoms with Gasteiger partial charge < -0.3 is 23.5 Å². The van der Waals surface area contributed by atoms with Crippen LogP contribution in [0.4, 0.5) is 4.39 Å². The summed E-state index contributed by atoms with van der Waals surface area (Å²) in [6.07, 6.45) is 6.72. The number of piperidine rings is 1. The number of fused-ring (bicyclic) bond motifs is 1. The lowest BCUT2D eigenvalue weighted by molar-refractivity contribution is -0.138. The summed E-state index contributed by atoms with van der Waals surface area (Å²) in [6.45, 7) is 9.60. The molecule has 0 bridgehead atoms. The average molecular weight is 610 g/mol. The number of halogens is 2. The molecule has 0 aliphatic carbocycles. The number of aromatic nitrogens is 2. The van der Waals surface area contributed by atoms with E-state index in [2.05, 4.69) is 15.5 Å². The van der Waals surface area contributed by atoms with Crippen LogP contribution < -0.4 is 9.47 Å². The van der Waals surface area contributed by atoms with Crippen LogP contribution in [0.2, 0.25) is 5.02 Å². The third kappa shape index (κ3) is 6.16. The molecule has 0 saturated carbocycles. The van der Waals surface area contributed by atoms with Crippen molar-refractivity contribution in [2.75, 3.05) is 26.3 Å². The minimum Gasteiger partial charge on any atom is -0.463 e. The monoisotopic (exact) mass is 609 g/mol. The highest BCUT2D eigenvalue weighted by molar-refractivity contribution is 6.30. The van der Waals surface area contributed by atoms with E-state index in [-0.39, 0.29) is 18.0 Å². The van der Waals surface area contributed by atoms with Crippen molar-refractivity contribution in [1.29, 1.82) is 0 Å². The molecule has 10 heteroatoms. The number of esters is 1. The van der Waals surface area contributed by atoms with E-state index in [0.717, 1.165) is 56.0 Å². The van der Waals surface area contributed by atoms with Gasteiger partial charge in [0.15, 0.2) is 11.5 Å². The quantitative estimate of drug-likeness (QED) is 0.204. The Morgan fingerprint density at radius 2 is 2.00 bits per heavy atom. The Hall–Kier alpha value is -3.40. The molecule has 3 aliphatic heterocycles. The van der Waals surface area contributed by atoms with E-state index in [1.807, 2.05) is 24.4 Å². The molecule has 0 N–H and O–H groups in total. The summed E-state index contributed by atoms with van der Waals surface area (Å²) < 4.78 is 40.4. The van der Waals surface area contributed by atoms with Gasteiger partial charge in [0.25, 0.3) is 5.79 Å². The summed E-state index contributed by atoms with van der Waals surface area (Å²) in [5, 5.41) is 0.325. The first kappa shape index (κ1) is 29.7. The molecule has 2 aromatic carbocycles. The SMILES string of the molecule is CCOC(=O)/C(C)=C/c1cnc(CN2CCC(c3cccc4c3O[C@@](C)(c3ccc(Cl)cc3F)O4)CC2)n1CC1CCO1. The first-order valence-electron chi connectivity index (χ1n) is 14.9. The second-order valence-electron chi connectivity index (χ2n) is 11.5. The fourth-order valence-corrected chi connectivity index (χ4v) is 6.24. The number of imidazole rings is 1. The highest BCUT2D eigenvalue weighted by Gasteiger charge is 2.43. The molecule has 0 spiro atoms. The number of para-hydroxylation sites is 1. The Morgan fingerprint density at radius 3 is 2.70 bits per heavy atom. The largest absolute Gasteiger partial charge is 0.463 e. The molecule has 0 amide bonds. The van der Waals surface area contributed by atoms with E-state index in [1.165, 1.54) is 6.07 Å².